The minimum Gasteiger partial charge on any atom is -0.338 e. The Bertz CT molecular complexity index is 548. The molecule has 2 aromatic rings. The first kappa shape index (κ1) is 16.0. The topological polar surface area (TPSA) is 64.9 Å². The molecule has 0 saturated carbocycles. The van der Waals surface area contributed by atoms with E-state index >= 15 is 0 Å². The van der Waals surface area contributed by atoms with Crippen LogP contribution in [-0.2, 0) is 12.2 Å². The normalized spacial score (nSPS) is 13.3. The minimum atomic E-state index is -0.203. The van der Waals surface area contributed by atoms with Crippen LogP contribution in [0, 0.1) is 0 Å². The molecule has 0 bridgehead atoms. The van der Waals surface area contributed by atoms with Crippen LogP contribution in [0.5, 0.6) is 0 Å². The number of hydrogen-bond donors (Lipinski definition) is 1. The highest BCUT2D eigenvalue weighted by molar-refractivity contribution is 7.99. The van der Waals surface area contributed by atoms with Gasteiger partial charge in [0.25, 0.3) is 0 Å². The van der Waals surface area contributed by atoms with Gasteiger partial charge in [-0.1, -0.05) is 56.3 Å². The van der Waals surface area contributed by atoms with Crippen molar-refractivity contribution >= 4 is 11.8 Å². The number of hydrogen-bond acceptors (Lipinski definition) is 5. The lowest BCUT2D eigenvalue weighted by Crippen LogP contribution is -2.12. The SMILES string of the molecule is CC(C)(C)SCc1noc([C@@H](N)CCc2ccccc2)n1. The maximum Gasteiger partial charge on any atom is 0.243 e. The molecule has 1 aromatic carbocycles. The zero-order chi connectivity index (χ0) is 15.3. The van der Waals surface area contributed by atoms with Gasteiger partial charge in [-0.2, -0.15) is 4.98 Å². The summed E-state index contributed by atoms with van der Waals surface area (Å²) in [7, 11) is 0. The summed E-state index contributed by atoms with van der Waals surface area (Å²) in [6.07, 6.45) is 1.72. The second-order valence-corrected chi connectivity index (χ2v) is 7.88. The predicted octanol–water partition coefficient (Wildman–Crippen LogP) is 3.73. The second kappa shape index (κ2) is 7.09. The molecule has 0 unspecified atom stereocenters. The van der Waals surface area contributed by atoms with Crippen LogP contribution in [0.3, 0.4) is 0 Å². The molecule has 5 heteroatoms. The zero-order valence-corrected chi connectivity index (χ0v) is 13.7. The van der Waals surface area contributed by atoms with E-state index in [9.17, 15) is 0 Å². The lowest BCUT2D eigenvalue weighted by Gasteiger charge is -2.15. The Morgan fingerprint density at radius 1 is 1.24 bits per heavy atom. The molecule has 114 valence electrons. The molecular weight excluding hydrogens is 282 g/mol. The van der Waals surface area contributed by atoms with Crippen LogP contribution in [-0.4, -0.2) is 14.9 Å². The maximum atomic E-state index is 6.14. The first-order valence-corrected chi connectivity index (χ1v) is 8.18. The lowest BCUT2D eigenvalue weighted by molar-refractivity contribution is 0.346. The van der Waals surface area contributed by atoms with Gasteiger partial charge in [-0.15, -0.1) is 11.8 Å². The second-order valence-electron chi connectivity index (χ2n) is 6.08. The first-order valence-electron chi connectivity index (χ1n) is 7.20. The summed E-state index contributed by atoms with van der Waals surface area (Å²) in [5, 5.41) is 4.01. The van der Waals surface area contributed by atoms with E-state index in [4.69, 9.17) is 10.3 Å². The Balaban J connectivity index is 1.85. The van der Waals surface area contributed by atoms with E-state index in [1.807, 2.05) is 18.2 Å². The van der Waals surface area contributed by atoms with E-state index in [0.29, 0.717) is 5.89 Å². The van der Waals surface area contributed by atoms with Crippen molar-refractivity contribution in [3.8, 4) is 0 Å². The summed E-state index contributed by atoms with van der Waals surface area (Å²) in [5.74, 6) is 2.01. The van der Waals surface area contributed by atoms with Crippen molar-refractivity contribution in [2.24, 2.45) is 5.73 Å². The number of thioether (sulfide) groups is 1. The molecule has 1 atom stereocenters. The summed E-state index contributed by atoms with van der Waals surface area (Å²) in [5.41, 5.74) is 7.41. The minimum absolute atomic E-state index is 0.191. The van der Waals surface area contributed by atoms with Crippen molar-refractivity contribution < 1.29 is 4.52 Å². The monoisotopic (exact) mass is 305 g/mol. The van der Waals surface area contributed by atoms with Crippen LogP contribution in [0.15, 0.2) is 34.9 Å². The summed E-state index contributed by atoms with van der Waals surface area (Å²) in [4.78, 5) is 4.40. The summed E-state index contributed by atoms with van der Waals surface area (Å²) in [6, 6.07) is 10.1. The molecule has 4 nitrogen and oxygen atoms in total. The number of aryl methyl sites for hydroxylation is 1. The molecule has 0 saturated heterocycles. The smallest absolute Gasteiger partial charge is 0.243 e. The molecule has 2 N–H and O–H groups in total. The van der Waals surface area contributed by atoms with E-state index in [1.165, 1.54) is 5.56 Å². The molecule has 0 aliphatic heterocycles. The van der Waals surface area contributed by atoms with Gasteiger partial charge in [0.1, 0.15) is 0 Å². The molecule has 0 amide bonds. The molecular formula is C16H23N3OS. The first-order chi connectivity index (χ1) is 9.94. The van der Waals surface area contributed by atoms with Crippen molar-refractivity contribution in [1.82, 2.24) is 10.1 Å². The Morgan fingerprint density at radius 2 is 1.95 bits per heavy atom. The lowest BCUT2D eigenvalue weighted by atomic mass is 10.1. The van der Waals surface area contributed by atoms with E-state index < -0.39 is 0 Å². The molecule has 0 aliphatic carbocycles. The molecule has 0 spiro atoms. The van der Waals surface area contributed by atoms with Crippen LogP contribution >= 0.6 is 11.8 Å². The van der Waals surface area contributed by atoms with Gasteiger partial charge in [-0.25, -0.2) is 0 Å². The van der Waals surface area contributed by atoms with Crippen molar-refractivity contribution in [3.05, 3.63) is 47.6 Å². The quantitative estimate of drug-likeness (QED) is 0.881. The van der Waals surface area contributed by atoms with Gasteiger partial charge in [0.2, 0.25) is 5.89 Å². The van der Waals surface area contributed by atoms with Crippen molar-refractivity contribution in [3.63, 3.8) is 0 Å². The number of benzene rings is 1. The van der Waals surface area contributed by atoms with Gasteiger partial charge in [0.05, 0.1) is 11.8 Å². The van der Waals surface area contributed by atoms with Gasteiger partial charge >= 0.3 is 0 Å². The maximum absolute atomic E-state index is 6.14. The fraction of sp³-hybridized carbons (Fsp3) is 0.500. The van der Waals surface area contributed by atoms with E-state index in [0.717, 1.165) is 24.4 Å². The van der Waals surface area contributed by atoms with Gasteiger partial charge in [0.15, 0.2) is 5.82 Å². The molecule has 0 aliphatic rings. The number of nitrogens with zero attached hydrogens (tertiary/aromatic N) is 2. The van der Waals surface area contributed by atoms with Gasteiger partial charge in [0, 0.05) is 4.75 Å². The standard InChI is InChI=1S/C16H23N3OS/c1-16(2,3)21-11-14-18-15(20-19-14)13(17)10-9-12-7-5-4-6-8-12/h4-8,13H,9-11,17H2,1-3H3/t13-/m0/s1. The molecule has 21 heavy (non-hydrogen) atoms. The van der Waals surface area contributed by atoms with Gasteiger partial charge < -0.3 is 10.3 Å². The number of rotatable bonds is 6. The molecule has 0 radical (unpaired) electrons. The Kier molecular flexibility index (Phi) is 5.42. The van der Waals surface area contributed by atoms with Gasteiger partial charge in [-0.3, -0.25) is 0 Å². The number of nitrogens with two attached hydrogens (primary N) is 1. The molecule has 2 rings (SSSR count). The van der Waals surface area contributed by atoms with Crippen LogP contribution in [0.4, 0.5) is 0 Å². The van der Waals surface area contributed by atoms with E-state index in [1.54, 1.807) is 11.8 Å². The van der Waals surface area contributed by atoms with Crippen molar-refractivity contribution in [2.45, 2.75) is 50.2 Å². The summed E-state index contributed by atoms with van der Waals surface area (Å²) < 4.78 is 5.47. The van der Waals surface area contributed by atoms with E-state index in [-0.39, 0.29) is 10.8 Å². The van der Waals surface area contributed by atoms with Crippen molar-refractivity contribution in [2.75, 3.05) is 0 Å². The molecule has 1 aromatic heterocycles. The van der Waals surface area contributed by atoms with Crippen LogP contribution < -0.4 is 5.73 Å². The zero-order valence-electron chi connectivity index (χ0n) is 12.9. The Labute approximate surface area is 130 Å². The average Bonchev–Trinajstić information content (AvgIpc) is 2.92. The molecule has 1 heterocycles. The third-order valence-electron chi connectivity index (χ3n) is 3.02. The third-order valence-corrected chi connectivity index (χ3v) is 4.29. The fourth-order valence-corrected chi connectivity index (χ4v) is 2.53. The van der Waals surface area contributed by atoms with Gasteiger partial charge in [-0.05, 0) is 18.4 Å². The van der Waals surface area contributed by atoms with E-state index in [2.05, 4.69) is 43.0 Å². The highest BCUT2D eigenvalue weighted by Gasteiger charge is 2.17. The predicted molar refractivity (Wildman–Crippen MR) is 87.0 cm³/mol. The van der Waals surface area contributed by atoms with Crippen molar-refractivity contribution in [1.29, 1.82) is 0 Å². The fourth-order valence-electron chi connectivity index (χ4n) is 1.85. The summed E-state index contributed by atoms with van der Waals surface area (Å²) in [6.45, 7) is 6.51. The Morgan fingerprint density at radius 3 is 2.62 bits per heavy atom. The van der Waals surface area contributed by atoms with Crippen LogP contribution in [0.2, 0.25) is 0 Å². The Hall–Kier alpha value is -1.33. The van der Waals surface area contributed by atoms with Crippen LogP contribution in [0.1, 0.15) is 50.5 Å². The highest BCUT2D eigenvalue weighted by Crippen LogP contribution is 2.26. The largest absolute Gasteiger partial charge is 0.338 e. The third kappa shape index (κ3) is 5.52. The number of aromatic nitrogens is 2. The molecule has 0 fully saturated rings. The van der Waals surface area contributed by atoms with Crippen LogP contribution in [0.25, 0.3) is 0 Å². The highest BCUT2D eigenvalue weighted by atomic mass is 32.2. The average molecular weight is 305 g/mol. The summed E-state index contributed by atoms with van der Waals surface area (Å²) >= 11 is 1.80.